The van der Waals surface area contributed by atoms with Gasteiger partial charge in [0.25, 0.3) is 0 Å². The van der Waals surface area contributed by atoms with Gasteiger partial charge in [-0.25, -0.2) is 0 Å². The van der Waals surface area contributed by atoms with E-state index in [9.17, 15) is 16.8 Å². The first-order chi connectivity index (χ1) is 2.81. The SMILES string of the molecule is FP(F)(F)(F)CCl. The molecule has 0 aromatic carbocycles. The number of hydrogen-bond acceptors (Lipinski definition) is 0. The van der Waals surface area contributed by atoms with Gasteiger partial charge in [-0.05, 0) is 0 Å². The standard InChI is InChI=1S/CH2ClF4P/c2-1-7(3,4,5)6/h1H2. The van der Waals surface area contributed by atoms with Crippen molar-refractivity contribution in [3.8, 4) is 0 Å². The molecule has 0 N–H and O–H groups in total. The zero-order valence-electron chi connectivity index (χ0n) is 3.04. The second-order valence-electron chi connectivity index (χ2n) is 0.981. The van der Waals surface area contributed by atoms with Crippen LogP contribution in [0.2, 0.25) is 0 Å². The van der Waals surface area contributed by atoms with E-state index in [-0.39, 0.29) is 0 Å². The van der Waals surface area contributed by atoms with Gasteiger partial charge in [0.2, 0.25) is 0 Å². The number of halogens is 5. The summed E-state index contributed by atoms with van der Waals surface area (Å²) in [5, 5.41) is 0. The van der Waals surface area contributed by atoms with Crippen LogP contribution in [0.15, 0.2) is 0 Å². The fourth-order valence-corrected chi connectivity index (χ4v) is 0. The second-order valence-corrected chi connectivity index (χ2v) is 3.66. The zero-order chi connectivity index (χ0) is 6.15. The van der Waals surface area contributed by atoms with Gasteiger partial charge in [-0.15, -0.1) is 0 Å². The van der Waals surface area contributed by atoms with Crippen LogP contribution in [0.5, 0.6) is 0 Å². The molecule has 0 aliphatic heterocycles. The van der Waals surface area contributed by atoms with E-state index in [1.165, 1.54) is 0 Å². The molecule has 0 nitrogen and oxygen atoms in total. The number of hydrogen-bond donors (Lipinski definition) is 0. The molecule has 6 heteroatoms. The molecule has 0 saturated carbocycles. The predicted octanol–water partition coefficient (Wildman–Crippen LogP) is 3.27. The first kappa shape index (κ1) is 7.44. The maximum absolute atomic E-state index is 10.8. The van der Waals surface area contributed by atoms with E-state index in [0.29, 0.717) is 0 Å². The zero-order valence-corrected chi connectivity index (χ0v) is 4.69. The molecule has 0 spiro atoms. The van der Waals surface area contributed by atoms with Crippen molar-refractivity contribution in [2.75, 3.05) is 5.62 Å². The van der Waals surface area contributed by atoms with Crippen molar-refractivity contribution in [3.05, 3.63) is 0 Å². The van der Waals surface area contributed by atoms with Crippen molar-refractivity contribution >= 4 is 19.4 Å². The summed E-state index contributed by atoms with van der Waals surface area (Å²) in [4.78, 5) is 0. The van der Waals surface area contributed by atoms with Gasteiger partial charge < -0.3 is 0 Å². The van der Waals surface area contributed by atoms with E-state index < -0.39 is 13.5 Å². The van der Waals surface area contributed by atoms with Crippen LogP contribution >= 0.6 is 19.4 Å². The number of rotatable bonds is 1. The third kappa shape index (κ3) is 6.44. The molecule has 7 heavy (non-hydrogen) atoms. The molecule has 0 aliphatic rings. The van der Waals surface area contributed by atoms with Crippen LogP contribution in [0.4, 0.5) is 16.8 Å². The van der Waals surface area contributed by atoms with E-state index in [0.717, 1.165) is 0 Å². The molecule has 0 aromatic rings. The van der Waals surface area contributed by atoms with Crippen LogP contribution in [0.25, 0.3) is 0 Å². The van der Waals surface area contributed by atoms with Crippen LogP contribution in [-0.2, 0) is 0 Å². The molecule has 0 heterocycles. The Balaban J connectivity index is 3.83. The second kappa shape index (κ2) is 1.46. The molecule has 0 bridgehead atoms. The predicted molar refractivity (Wildman–Crippen MR) is 22.1 cm³/mol. The van der Waals surface area contributed by atoms with Gasteiger partial charge in [0.05, 0.1) is 0 Å². The average molecular weight is 156 g/mol. The Morgan fingerprint density at radius 2 is 1.29 bits per heavy atom. The van der Waals surface area contributed by atoms with Crippen molar-refractivity contribution < 1.29 is 16.8 Å². The molecule has 0 amide bonds. The Bertz CT molecular complexity index is 64.2. The van der Waals surface area contributed by atoms with Gasteiger partial charge in [-0.1, -0.05) is 0 Å². The van der Waals surface area contributed by atoms with Crippen LogP contribution in [0, 0.1) is 0 Å². The maximum atomic E-state index is 10.8. The summed E-state index contributed by atoms with van der Waals surface area (Å²) in [5.41, 5.74) is -1.83. The summed E-state index contributed by atoms with van der Waals surface area (Å²) >= 11 is 4.18. The minimum atomic E-state index is -7.31. The van der Waals surface area contributed by atoms with E-state index in [4.69, 9.17) is 0 Å². The van der Waals surface area contributed by atoms with Gasteiger partial charge >= 0.3 is 41.9 Å². The van der Waals surface area contributed by atoms with Gasteiger partial charge in [0.15, 0.2) is 0 Å². The Morgan fingerprint density at radius 1 is 1.14 bits per heavy atom. The van der Waals surface area contributed by atoms with Gasteiger partial charge in [-0.2, -0.15) is 0 Å². The van der Waals surface area contributed by atoms with Crippen LogP contribution in [-0.4, -0.2) is 5.62 Å². The molecule has 0 aromatic heterocycles. The van der Waals surface area contributed by atoms with Crippen molar-refractivity contribution in [2.45, 2.75) is 0 Å². The molecular weight excluding hydrogens is 154 g/mol. The normalized spacial score (nSPS) is 18.1. The summed E-state index contributed by atoms with van der Waals surface area (Å²) in [5.74, 6) is 0. The fourth-order valence-electron chi connectivity index (χ4n) is 0. The van der Waals surface area contributed by atoms with E-state index in [1.54, 1.807) is 0 Å². The van der Waals surface area contributed by atoms with Crippen molar-refractivity contribution in [3.63, 3.8) is 0 Å². The van der Waals surface area contributed by atoms with Crippen LogP contribution in [0.3, 0.4) is 0 Å². The van der Waals surface area contributed by atoms with E-state index in [2.05, 4.69) is 11.6 Å². The first-order valence-corrected chi connectivity index (χ1v) is 3.78. The summed E-state index contributed by atoms with van der Waals surface area (Å²) in [7, 11) is -7.31. The number of alkyl halides is 1. The topological polar surface area (TPSA) is 0 Å². The molecule has 0 aliphatic carbocycles. The quantitative estimate of drug-likeness (QED) is 0.310. The first-order valence-electron chi connectivity index (χ1n) is 1.26. The molecule has 0 unspecified atom stereocenters. The summed E-state index contributed by atoms with van der Waals surface area (Å²) in [6.45, 7) is 0. The van der Waals surface area contributed by atoms with E-state index in [1.807, 2.05) is 0 Å². The molecule has 46 valence electrons. The van der Waals surface area contributed by atoms with Gasteiger partial charge in [0, 0.05) is 0 Å². The summed E-state index contributed by atoms with van der Waals surface area (Å²) in [6, 6.07) is 0. The Morgan fingerprint density at radius 3 is 1.29 bits per heavy atom. The molecule has 0 radical (unpaired) electrons. The van der Waals surface area contributed by atoms with Crippen molar-refractivity contribution in [2.24, 2.45) is 0 Å². The van der Waals surface area contributed by atoms with Crippen LogP contribution in [0.1, 0.15) is 0 Å². The molecule has 0 fully saturated rings. The Kier molecular flexibility index (Phi) is 1.55. The van der Waals surface area contributed by atoms with Crippen molar-refractivity contribution in [1.29, 1.82) is 0 Å². The van der Waals surface area contributed by atoms with Gasteiger partial charge in [0.1, 0.15) is 0 Å². The van der Waals surface area contributed by atoms with Crippen molar-refractivity contribution in [1.82, 2.24) is 0 Å². The van der Waals surface area contributed by atoms with E-state index >= 15 is 0 Å². The molecule has 0 atom stereocenters. The third-order valence-corrected chi connectivity index (χ3v) is 1.63. The fraction of sp³-hybridized carbons (Fsp3) is 1.00. The Labute approximate surface area is 42.9 Å². The summed E-state index contributed by atoms with van der Waals surface area (Å²) < 4.78 is 43.2. The Hall–Kier alpha value is 0.440. The minimum absolute atomic E-state index is 1.83. The third-order valence-electron chi connectivity index (χ3n) is 0.181. The summed E-state index contributed by atoms with van der Waals surface area (Å²) in [6.07, 6.45) is 0. The molecule has 0 saturated heterocycles. The van der Waals surface area contributed by atoms with Crippen LogP contribution < -0.4 is 0 Å². The molecular formula is CH2ClF4P. The van der Waals surface area contributed by atoms with Gasteiger partial charge in [-0.3, -0.25) is 0 Å². The monoisotopic (exact) mass is 156 g/mol. The average Bonchev–Trinajstić information content (AvgIpc) is 1.32. The molecule has 0 rings (SSSR count).